The molecule has 0 aromatic heterocycles. The molecule has 0 aliphatic heterocycles. The zero-order valence-corrected chi connectivity index (χ0v) is 19.7. The van der Waals surface area contributed by atoms with E-state index >= 15 is 0 Å². The summed E-state index contributed by atoms with van der Waals surface area (Å²) >= 11 is 0. The number of hydrogen-bond donors (Lipinski definition) is 1. The van der Waals surface area contributed by atoms with Gasteiger partial charge in [-0.15, -0.1) is 0 Å². The molecular formula is C28H30N2O4. The van der Waals surface area contributed by atoms with E-state index in [4.69, 9.17) is 4.74 Å². The minimum absolute atomic E-state index is 0.0347. The van der Waals surface area contributed by atoms with Crippen LogP contribution < -0.4 is 10.1 Å². The van der Waals surface area contributed by atoms with Crippen LogP contribution in [0.25, 0.3) is 0 Å². The highest BCUT2D eigenvalue weighted by molar-refractivity contribution is 5.99. The smallest absolute Gasteiger partial charge is 0.269 e. The number of anilines is 1. The standard InChI is InChI=1S/C28H30N2O4/c1-20-17-24(18-21(2)26(20)34-19-22-9-5-3-6-10-22)29-27(31)28(15-7-4-8-16-28)23-11-13-25(14-12-23)30(32)33/h3,5-6,9-14,17-18H,4,7-8,15-16,19H2,1-2H3,(H,29,31). The first-order chi connectivity index (χ1) is 16.4. The van der Waals surface area contributed by atoms with Crippen LogP contribution in [0.15, 0.2) is 66.7 Å². The number of aryl methyl sites for hydroxylation is 2. The third-order valence-corrected chi connectivity index (χ3v) is 6.72. The Kier molecular flexibility index (Phi) is 6.96. The fraction of sp³-hybridized carbons (Fsp3) is 0.321. The molecule has 0 radical (unpaired) electrons. The minimum atomic E-state index is -0.683. The summed E-state index contributed by atoms with van der Waals surface area (Å²) < 4.78 is 6.08. The van der Waals surface area contributed by atoms with E-state index in [0.29, 0.717) is 6.61 Å². The predicted octanol–water partition coefficient (Wildman–Crippen LogP) is 6.63. The van der Waals surface area contributed by atoms with Crippen LogP contribution >= 0.6 is 0 Å². The van der Waals surface area contributed by atoms with Crippen LogP contribution in [0, 0.1) is 24.0 Å². The lowest BCUT2D eigenvalue weighted by Gasteiger charge is -2.36. The third-order valence-electron chi connectivity index (χ3n) is 6.72. The maximum absolute atomic E-state index is 13.7. The van der Waals surface area contributed by atoms with Gasteiger partial charge in [-0.1, -0.05) is 61.7 Å². The summed E-state index contributed by atoms with van der Waals surface area (Å²) in [6, 6.07) is 20.4. The SMILES string of the molecule is Cc1cc(NC(=O)C2(c3ccc([N+](=O)[O-])cc3)CCCCC2)cc(C)c1OCc1ccccc1. The largest absolute Gasteiger partial charge is 0.488 e. The number of nitrogens with one attached hydrogen (secondary N) is 1. The molecule has 1 aliphatic rings. The van der Waals surface area contributed by atoms with Crippen LogP contribution in [-0.4, -0.2) is 10.8 Å². The molecule has 3 aromatic carbocycles. The quantitative estimate of drug-likeness (QED) is 0.318. The number of amides is 1. The Labute approximate surface area is 200 Å². The molecular weight excluding hydrogens is 428 g/mol. The fourth-order valence-electron chi connectivity index (χ4n) is 4.93. The molecule has 1 N–H and O–H groups in total. The lowest BCUT2D eigenvalue weighted by atomic mass is 9.68. The van der Waals surface area contributed by atoms with Gasteiger partial charge in [-0.3, -0.25) is 14.9 Å². The zero-order chi connectivity index (χ0) is 24.1. The molecule has 4 rings (SSSR count). The number of carbonyl (C=O) groups excluding carboxylic acids is 1. The highest BCUT2D eigenvalue weighted by Gasteiger charge is 2.41. The number of benzene rings is 3. The summed E-state index contributed by atoms with van der Waals surface area (Å²) in [5.74, 6) is 0.766. The van der Waals surface area contributed by atoms with Crippen molar-refractivity contribution in [2.45, 2.75) is 58.0 Å². The molecule has 0 unspecified atom stereocenters. The van der Waals surface area contributed by atoms with Gasteiger partial charge in [0.25, 0.3) is 5.69 Å². The van der Waals surface area contributed by atoms with Gasteiger partial charge in [0.2, 0.25) is 5.91 Å². The number of rotatable bonds is 7. The predicted molar refractivity (Wildman–Crippen MR) is 133 cm³/mol. The van der Waals surface area contributed by atoms with Crippen molar-refractivity contribution in [1.82, 2.24) is 0 Å². The maximum atomic E-state index is 13.7. The number of hydrogen-bond acceptors (Lipinski definition) is 4. The van der Waals surface area contributed by atoms with Crippen molar-refractivity contribution in [3.8, 4) is 5.75 Å². The van der Waals surface area contributed by atoms with E-state index in [9.17, 15) is 14.9 Å². The molecule has 1 saturated carbocycles. The lowest BCUT2D eigenvalue weighted by molar-refractivity contribution is -0.384. The Morgan fingerprint density at radius 3 is 2.18 bits per heavy atom. The number of nitrogens with zero attached hydrogens (tertiary/aromatic N) is 1. The van der Waals surface area contributed by atoms with E-state index in [0.717, 1.165) is 65.8 Å². The van der Waals surface area contributed by atoms with E-state index in [-0.39, 0.29) is 11.6 Å². The fourth-order valence-corrected chi connectivity index (χ4v) is 4.93. The van der Waals surface area contributed by atoms with Crippen molar-refractivity contribution in [3.05, 3.63) is 99.1 Å². The number of nitro benzene ring substituents is 1. The highest BCUT2D eigenvalue weighted by atomic mass is 16.6. The first-order valence-electron chi connectivity index (χ1n) is 11.7. The van der Waals surface area contributed by atoms with Gasteiger partial charge < -0.3 is 10.1 Å². The molecule has 0 bridgehead atoms. The van der Waals surface area contributed by atoms with Gasteiger partial charge in [-0.25, -0.2) is 0 Å². The van der Waals surface area contributed by atoms with Crippen molar-refractivity contribution in [1.29, 1.82) is 0 Å². The molecule has 3 aromatic rings. The minimum Gasteiger partial charge on any atom is -0.488 e. The Bertz CT molecular complexity index is 1140. The molecule has 0 atom stereocenters. The van der Waals surface area contributed by atoms with Crippen LogP contribution in [-0.2, 0) is 16.8 Å². The topological polar surface area (TPSA) is 81.5 Å². The van der Waals surface area contributed by atoms with Crippen LogP contribution in [0.4, 0.5) is 11.4 Å². The van der Waals surface area contributed by atoms with Gasteiger partial charge in [-0.2, -0.15) is 0 Å². The Balaban J connectivity index is 1.55. The third kappa shape index (κ3) is 4.96. The first kappa shape index (κ1) is 23.5. The van der Waals surface area contributed by atoms with Crippen LogP contribution in [0.3, 0.4) is 0 Å². The zero-order valence-electron chi connectivity index (χ0n) is 19.7. The lowest BCUT2D eigenvalue weighted by Crippen LogP contribution is -2.42. The van der Waals surface area contributed by atoms with Crippen molar-refractivity contribution in [3.63, 3.8) is 0 Å². The Morgan fingerprint density at radius 1 is 0.971 bits per heavy atom. The van der Waals surface area contributed by atoms with Gasteiger partial charge in [0, 0.05) is 17.8 Å². The molecule has 6 nitrogen and oxygen atoms in total. The number of non-ortho nitro benzene ring substituents is 1. The van der Waals surface area contributed by atoms with Gasteiger partial charge in [0.05, 0.1) is 10.3 Å². The van der Waals surface area contributed by atoms with E-state index in [1.165, 1.54) is 12.1 Å². The second kappa shape index (κ2) is 10.1. The second-order valence-corrected chi connectivity index (χ2v) is 9.11. The van der Waals surface area contributed by atoms with Crippen molar-refractivity contribution < 1.29 is 14.5 Å². The molecule has 6 heteroatoms. The summed E-state index contributed by atoms with van der Waals surface area (Å²) in [6.45, 7) is 4.45. The number of ether oxygens (including phenoxy) is 1. The van der Waals surface area contributed by atoms with Crippen molar-refractivity contribution in [2.75, 3.05) is 5.32 Å². The van der Waals surface area contributed by atoms with Gasteiger partial charge in [-0.05, 0) is 61.1 Å². The van der Waals surface area contributed by atoms with Gasteiger partial charge >= 0.3 is 0 Å². The highest BCUT2D eigenvalue weighted by Crippen LogP contribution is 2.41. The van der Waals surface area contributed by atoms with E-state index in [1.807, 2.05) is 56.3 Å². The number of nitro groups is 1. The average Bonchev–Trinajstić information content (AvgIpc) is 2.84. The number of carbonyl (C=O) groups is 1. The van der Waals surface area contributed by atoms with Gasteiger partial charge in [0.15, 0.2) is 0 Å². The molecule has 0 spiro atoms. The summed E-state index contributed by atoms with van der Waals surface area (Å²) in [4.78, 5) is 24.3. The van der Waals surface area contributed by atoms with Crippen LogP contribution in [0.5, 0.6) is 5.75 Å². The second-order valence-electron chi connectivity index (χ2n) is 9.11. The normalized spacial score (nSPS) is 14.9. The van der Waals surface area contributed by atoms with Crippen LogP contribution in [0.2, 0.25) is 0 Å². The molecule has 0 saturated heterocycles. The average molecular weight is 459 g/mol. The molecule has 34 heavy (non-hydrogen) atoms. The summed E-state index contributed by atoms with van der Waals surface area (Å²) in [5, 5.41) is 14.2. The monoisotopic (exact) mass is 458 g/mol. The summed E-state index contributed by atoms with van der Waals surface area (Å²) in [5.41, 5.74) is 3.94. The maximum Gasteiger partial charge on any atom is 0.269 e. The Morgan fingerprint density at radius 2 is 1.59 bits per heavy atom. The van der Waals surface area contributed by atoms with E-state index in [1.54, 1.807) is 12.1 Å². The van der Waals surface area contributed by atoms with Crippen LogP contribution in [0.1, 0.15) is 54.4 Å². The molecule has 176 valence electrons. The van der Waals surface area contributed by atoms with Crippen molar-refractivity contribution in [2.24, 2.45) is 0 Å². The molecule has 1 amide bonds. The summed E-state index contributed by atoms with van der Waals surface area (Å²) in [7, 11) is 0. The Hall–Kier alpha value is -3.67. The molecule has 0 heterocycles. The van der Waals surface area contributed by atoms with E-state index < -0.39 is 10.3 Å². The summed E-state index contributed by atoms with van der Waals surface area (Å²) in [6.07, 6.45) is 4.46. The van der Waals surface area contributed by atoms with Gasteiger partial charge in [0.1, 0.15) is 12.4 Å². The van der Waals surface area contributed by atoms with E-state index in [2.05, 4.69) is 5.32 Å². The molecule has 1 aliphatic carbocycles. The van der Waals surface area contributed by atoms with Crippen molar-refractivity contribution >= 4 is 17.3 Å². The molecule has 1 fully saturated rings. The first-order valence-corrected chi connectivity index (χ1v) is 11.7.